The molecule has 2 unspecified atom stereocenters. The van der Waals surface area contributed by atoms with Crippen LogP contribution >= 0.6 is 0 Å². The molecule has 0 aliphatic carbocycles. The summed E-state index contributed by atoms with van der Waals surface area (Å²) in [5, 5.41) is 3.04. The Kier molecular flexibility index (Phi) is 11.3. The van der Waals surface area contributed by atoms with Crippen LogP contribution in [0.5, 0.6) is 5.75 Å². The third-order valence-electron chi connectivity index (χ3n) is 6.82. The van der Waals surface area contributed by atoms with E-state index in [1.165, 1.54) is 4.90 Å². The number of carbonyl (C=O) groups excluding carboxylic acids is 2. The maximum atomic E-state index is 14.2. The smallest absolute Gasteiger partial charge is 0.244 e. The predicted octanol–water partition coefficient (Wildman–Crippen LogP) is 4.71. The maximum absolute atomic E-state index is 14.2. The minimum atomic E-state index is -3.89. The third-order valence-corrected chi connectivity index (χ3v) is 7.95. The van der Waals surface area contributed by atoms with Crippen LogP contribution in [0.4, 0.5) is 5.69 Å². The van der Waals surface area contributed by atoms with Gasteiger partial charge >= 0.3 is 0 Å². The largest absolute Gasteiger partial charge is 0.492 e. The summed E-state index contributed by atoms with van der Waals surface area (Å²) in [6, 6.07) is 23.0. The Bertz CT molecular complexity index is 1410. The summed E-state index contributed by atoms with van der Waals surface area (Å²) in [7, 11) is -3.89. The van der Waals surface area contributed by atoms with Gasteiger partial charge in [-0.2, -0.15) is 0 Å². The van der Waals surface area contributed by atoms with Gasteiger partial charge in [-0.15, -0.1) is 0 Å². The minimum absolute atomic E-state index is 0.0951. The molecule has 0 aromatic heterocycles. The van der Waals surface area contributed by atoms with Crippen LogP contribution in [-0.4, -0.2) is 56.6 Å². The Morgan fingerprint density at radius 2 is 1.59 bits per heavy atom. The Morgan fingerprint density at radius 1 is 0.927 bits per heavy atom. The van der Waals surface area contributed by atoms with Crippen molar-refractivity contribution in [2.24, 2.45) is 0 Å². The van der Waals surface area contributed by atoms with Crippen molar-refractivity contribution in [2.75, 3.05) is 23.7 Å². The number of hydrogen-bond donors (Lipinski definition) is 1. The van der Waals surface area contributed by atoms with E-state index in [9.17, 15) is 18.0 Å². The number of rotatable bonds is 14. The number of benzene rings is 3. The molecule has 0 bridgehead atoms. The Hall–Kier alpha value is -3.85. The zero-order valence-electron chi connectivity index (χ0n) is 24.5. The van der Waals surface area contributed by atoms with E-state index in [-0.39, 0.29) is 30.6 Å². The van der Waals surface area contributed by atoms with Crippen molar-refractivity contribution in [2.45, 2.75) is 59.2 Å². The van der Waals surface area contributed by atoms with Crippen LogP contribution in [-0.2, 0) is 32.6 Å². The number of anilines is 1. The summed E-state index contributed by atoms with van der Waals surface area (Å²) < 4.78 is 32.8. The topological polar surface area (TPSA) is 96.0 Å². The first-order valence-electron chi connectivity index (χ1n) is 13.9. The van der Waals surface area contributed by atoms with E-state index in [0.29, 0.717) is 12.4 Å². The number of amides is 2. The highest BCUT2D eigenvalue weighted by Crippen LogP contribution is 2.30. The molecule has 0 saturated carbocycles. The molecule has 2 atom stereocenters. The Morgan fingerprint density at radius 3 is 2.22 bits per heavy atom. The van der Waals surface area contributed by atoms with E-state index in [2.05, 4.69) is 5.32 Å². The fourth-order valence-corrected chi connectivity index (χ4v) is 5.39. The van der Waals surface area contributed by atoms with Gasteiger partial charge < -0.3 is 15.0 Å². The molecule has 0 aliphatic rings. The highest BCUT2D eigenvalue weighted by Gasteiger charge is 2.34. The lowest BCUT2D eigenvalue weighted by molar-refractivity contribution is -0.140. The molecule has 9 heteroatoms. The number of sulfonamides is 1. The molecule has 3 rings (SSSR count). The van der Waals surface area contributed by atoms with Gasteiger partial charge in [-0.05, 0) is 50.5 Å². The molecule has 3 aromatic carbocycles. The molecular weight excluding hydrogens is 538 g/mol. The average molecular weight is 580 g/mol. The zero-order valence-corrected chi connectivity index (χ0v) is 25.4. The van der Waals surface area contributed by atoms with Crippen molar-refractivity contribution in [3.63, 3.8) is 0 Å². The first-order valence-corrected chi connectivity index (χ1v) is 15.8. The lowest BCUT2D eigenvalue weighted by Gasteiger charge is -2.34. The second kappa shape index (κ2) is 14.7. The molecule has 0 spiro atoms. The molecule has 8 nitrogen and oxygen atoms in total. The molecular formula is C32H41N3O5S. The van der Waals surface area contributed by atoms with Gasteiger partial charge in [0, 0.05) is 19.0 Å². The van der Waals surface area contributed by atoms with Gasteiger partial charge in [-0.3, -0.25) is 13.9 Å². The second-order valence-electron chi connectivity index (χ2n) is 10.2. The van der Waals surface area contributed by atoms with E-state index >= 15 is 0 Å². The molecule has 41 heavy (non-hydrogen) atoms. The highest BCUT2D eigenvalue weighted by molar-refractivity contribution is 7.92. The van der Waals surface area contributed by atoms with Crippen molar-refractivity contribution in [1.82, 2.24) is 10.2 Å². The van der Waals surface area contributed by atoms with E-state index in [1.807, 2.05) is 75.4 Å². The fraction of sp³-hybridized carbons (Fsp3) is 0.375. The van der Waals surface area contributed by atoms with E-state index < -0.39 is 28.5 Å². The monoisotopic (exact) mass is 579 g/mol. The van der Waals surface area contributed by atoms with Crippen LogP contribution in [0, 0.1) is 6.92 Å². The quantitative estimate of drug-likeness (QED) is 0.298. The zero-order chi connectivity index (χ0) is 30.0. The first-order chi connectivity index (χ1) is 19.5. The van der Waals surface area contributed by atoms with Gasteiger partial charge in [0.05, 0.1) is 18.6 Å². The van der Waals surface area contributed by atoms with Crippen LogP contribution in [0.15, 0.2) is 78.9 Å². The van der Waals surface area contributed by atoms with Crippen molar-refractivity contribution in [1.29, 1.82) is 0 Å². The summed E-state index contributed by atoms with van der Waals surface area (Å²) in [5.74, 6) is -0.429. The van der Waals surface area contributed by atoms with Crippen molar-refractivity contribution in [3.05, 3.63) is 95.6 Å². The Balaban J connectivity index is 2.09. The van der Waals surface area contributed by atoms with Crippen LogP contribution in [0.2, 0.25) is 0 Å². The summed E-state index contributed by atoms with van der Waals surface area (Å²) in [5.41, 5.74) is 3.01. The first kappa shape index (κ1) is 31.7. The molecule has 0 aliphatic heterocycles. The van der Waals surface area contributed by atoms with Crippen molar-refractivity contribution >= 4 is 27.5 Å². The predicted molar refractivity (Wildman–Crippen MR) is 163 cm³/mol. The van der Waals surface area contributed by atoms with Crippen LogP contribution < -0.4 is 14.4 Å². The maximum Gasteiger partial charge on any atom is 0.244 e. The Labute approximate surface area is 244 Å². The van der Waals surface area contributed by atoms with Crippen molar-refractivity contribution in [3.8, 4) is 5.75 Å². The fourth-order valence-electron chi connectivity index (χ4n) is 4.54. The number of nitrogens with one attached hydrogen (secondary N) is 1. The van der Waals surface area contributed by atoms with Gasteiger partial charge in [0.2, 0.25) is 21.8 Å². The van der Waals surface area contributed by atoms with Gasteiger partial charge in [-0.25, -0.2) is 8.42 Å². The number of para-hydroxylation sites is 2. The molecule has 220 valence electrons. The molecule has 0 saturated heterocycles. The minimum Gasteiger partial charge on any atom is -0.492 e. The lowest BCUT2D eigenvalue weighted by Crippen LogP contribution is -2.54. The summed E-state index contributed by atoms with van der Waals surface area (Å²) in [6.45, 7) is 7.64. The summed E-state index contributed by atoms with van der Waals surface area (Å²) >= 11 is 0. The van der Waals surface area contributed by atoms with Gasteiger partial charge in [0.25, 0.3) is 0 Å². The van der Waals surface area contributed by atoms with E-state index in [0.717, 1.165) is 33.7 Å². The lowest BCUT2D eigenvalue weighted by atomic mass is 10.0. The molecule has 3 aromatic rings. The third kappa shape index (κ3) is 9.08. The number of nitrogens with zero attached hydrogens (tertiary/aromatic N) is 2. The normalized spacial score (nSPS) is 12.7. The van der Waals surface area contributed by atoms with Crippen LogP contribution in [0.1, 0.15) is 43.9 Å². The average Bonchev–Trinajstić information content (AvgIpc) is 2.94. The number of hydrogen-bond acceptors (Lipinski definition) is 5. The standard InChI is InChI=1S/C32H41N3O5S/c1-6-25(4)33-32(37)29(21-26-15-9-8-10-16-26)34(22-27-17-13-14-24(3)20-27)31(36)23-35(41(5,38)39)28-18-11-12-19-30(28)40-7-2/h8-20,25,29H,6-7,21-23H2,1-5H3,(H,33,37). The van der Waals surface area contributed by atoms with Gasteiger partial charge in [0.1, 0.15) is 18.3 Å². The van der Waals surface area contributed by atoms with Gasteiger partial charge in [-0.1, -0.05) is 79.2 Å². The van der Waals surface area contributed by atoms with E-state index in [4.69, 9.17) is 4.74 Å². The van der Waals surface area contributed by atoms with Gasteiger partial charge in [0.15, 0.2) is 0 Å². The summed E-state index contributed by atoms with van der Waals surface area (Å²) in [6.07, 6.45) is 2.06. The molecule has 0 fully saturated rings. The number of carbonyl (C=O) groups is 2. The molecule has 0 radical (unpaired) electrons. The second-order valence-corrected chi connectivity index (χ2v) is 12.1. The molecule has 1 N–H and O–H groups in total. The number of aryl methyl sites for hydroxylation is 1. The number of ether oxygens (including phenoxy) is 1. The summed E-state index contributed by atoms with van der Waals surface area (Å²) in [4.78, 5) is 29.5. The van der Waals surface area contributed by atoms with E-state index in [1.54, 1.807) is 31.2 Å². The molecule has 2 amide bonds. The molecule has 0 heterocycles. The SMILES string of the molecule is CCOc1ccccc1N(CC(=O)N(Cc1cccc(C)c1)C(Cc1ccccc1)C(=O)NC(C)CC)S(C)(=O)=O. The van der Waals surface area contributed by atoms with Crippen molar-refractivity contribution < 1.29 is 22.7 Å². The van der Waals surface area contributed by atoms with Crippen LogP contribution in [0.25, 0.3) is 0 Å². The van der Waals surface area contributed by atoms with Crippen LogP contribution in [0.3, 0.4) is 0 Å². The highest BCUT2D eigenvalue weighted by atomic mass is 32.2.